The van der Waals surface area contributed by atoms with Crippen molar-refractivity contribution in [2.75, 3.05) is 0 Å². The third-order valence-electron chi connectivity index (χ3n) is 3.53. The van der Waals surface area contributed by atoms with Gasteiger partial charge in [-0.25, -0.2) is 4.79 Å². The normalized spacial score (nSPS) is 19.2. The van der Waals surface area contributed by atoms with Gasteiger partial charge in [0.05, 0.1) is 12.3 Å². The van der Waals surface area contributed by atoms with Crippen LogP contribution in [0.2, 0.25) is 0 Å². The maximum atomic E-state index is 11.7. The molecule has 2 amide bonds. The van der Waals surface area contributed by atoms with Crippen LogP contribution in [0.5, 0.6) is 0 Å². The van der Waals surface area contributed by atoms with E-state index in [2.05, 4.69) is 17.6 Å². The quantitative estimate of drug-likeness (QED) is 0.844. The van der Waals surface area contributed by atoms with Crippen molar-refractivity contribution >= 4 is 6.03 Å². The Bertz CT molecular complexity index is 358. The van der Waals surface area contributed by atoms with Crippen molar-refractivity contribution in [2.45, 2.75) is 45.2 Å². The zero-order valence-electron chi connectivity index (χ0n) is 10.4. The van der Waals surface area contributed by atoms with Crippen LogP contribution < -0.4 is 10.6 Å². The lowest BCUT2D eigenvalue weighted by Crippen LogP contribution is -2.46. The number of carbonyl (C=O) groups excluding carboxylic acids is 1. The maximum absolute atomic E-state index is 11.7. The van der Waals surface area contributed by atoms with Crippen molar-refractivity contribution in [1.82, 2.24) is 10.6 Å². The molecule has 1 aliphatic rings. The first-order valence-corrected chi connectivity index (χ1v) is 6.27. The number of rotatable bonds is 4. The molecule has 1 heterocycles. The molecule has 2 rings (SSSR count). The molecule has 4 heteroatoms. The Balaban J connectivity index is 1.76. The Morgan fingerprint density at radius 2 is 2.18 bits per heavy atom. The van der Waals surface area contributed by atoms with Crippen LogP contribution in [0.3, 0.4) is 0 Å². The van der Waals surface area contributed by atoms with Crippen LogP contribution in [0.1, 0.15) is 44.9 Å². The van der Waals surface area contributed by atoms with Crippen LogP contribution in [0, 0.1) is 5.92 Å². The van der Waals surface area contributed by atoms with E-state index in [9.17, 15) is 4.79 Å². The summed E-state index contributed by atoms with van der Waals surface area (Å²) in [6.45, 7) is 3.98. The fraction of sp³-hybridized carbons (Fsp3) is 0.615. The molecule has 1 saturated carbocycles. The van der Waals surface area contributed by atoms with Gasteiger partial charge in [0.2, 0.25) is 0 Å². The van der Waals surface area contributed by atoms with Gasteiger partial charge in [0.15, 0.2) is 0 Å². The summed E-state index contributed by atoms with van der Waals surface area (Å²) in [4.78, 5) is 11.7. The highest BCUT2D eigenvalue weighted by molar-refractivity contribution is 5.74. The Morgan fingerprint density at radius 1 is 1.41 bits per heavy atom. The third-order valence-corrected chi connectivity index (χ3v) is 3.53. The Morgan fingerprint density at radius 3 is 2.71 bits per heavy atom. The predicted molar refractivity (Wildman–Crippen MR) is 65.6 cm³/mol. The van der Waals surface area contributed by atoms with Gasteiger partial charge < -0.3 is 15.1 Å². The van der Waals surface area contributed by atoms with E-state index < -0.39 is 0 Å². The minimum absolute atomic E-state index is 0.0985. The van der Waals surface area contributed by atoms with Crippen molar-refractivity contribution in [2.24, 2.45) is 5.92 Å². The zero-order chi connectivity index (χ0) is 12.3. The summed E-state index contributed by atoms with van der Waals surface area (Å²) in [7, 11) is 0. The summed E-state index contributed by atoms with van der Waals surface area (Å²) in [6.07, 6.45) is 5.37. The molecule has 2 N–H and O–H groups in total. The lowest BCUT2D eigenvalue weighted by atomic mass is 9.80. The van der Waals surface area contributed by atoms with Crippen molar-refractivity contribution in [3.63, 3.8) is 0 Å². The van der Waals surface area contributed by atoms with Gasteiger partial charge in [0, 0.05) is 6.04 Å². The Hall–Kier alpha value is -1.45. The summed E-state index contributed by atoms with van der Waals surface area (Å²) in [5.74, 6) is 1.43. The van der Waals surface area contributed by atoms with E-state index in [-0.39, 0.29) is 18.1 Å². The van der Waals surface area contributed by atoms with Crippen LogP contribution in [0.25, 0.3) is 0 Å². The average Bonchev–Trinajstić information content (AvgIpc) is 2.66. The number of carbonyl (C=O) groups is 1. The summed E-state index contributed by atoms with van der Waals surface area (Å²) < 4.78 is 5.24. The standard InChI is InChI=1S/C13H20N2O2/c1-9(11-5-3-6-11)14-13(16)15-10(2)12-7-4-8-17-12/h4,7-11H,3,5-6H2,1-2H3,(H2,14,15,16)/t9-,10-/m1/s1. The second-order valence-electron chi connectivity index (χ2n) is 4.83. The first kappa shape index (κ1) is 12.0. The van der Waals surface area contributed by atoms with Crippen molar-refractivity contribution in [3.05, 3.63) is 24.2 Å². The first-order valence-electron chi connectivity index (χ1n) is 6.27. The minimum Gasteiger partial charge on any atom is -0.467 e. The summed E-state index contributed by atoms with van der Waals surface area (Å²) >= 11 is 0. The predicted octanol–water partition coefficient (Wildman–Crippen LogP) is 2.83. The second-order valence-corrected chi connectivity index (χ2v) is 4.83. The number of hydrogen-bond donors (Lipinski definition) is 2. The highest BCUT2D eigenvalue weighted by atomic mass is 16.3. The molecule has 1 fully saturated rings. The van der Waals surface area contributed by atoms with E-state index in [1.165, 1.54) is 19.3 Å². The van der Waals surface area contributed by atoms with Gasteiger partial charge in [0.1, 0.15) is 5.76 Å². The molecule has 0 unspecified atom stereocenters. The van der Waals surface area contributed by atoms with Crippen molar-refractivity contribution in [1.29, 1.82) is 0 Å². The van der Waals surface area contributed by atoms with E-state index in [0.717, 1.165) is 5.76 Å². The average molecular weight is 236 g/mol. The zero-order valence-corrected chi connectivity index (χ0v) is 10.4. The molecule has 1 aromatic rings. The summed E-state index contributed by atoms with van der Waals surface area (Å²) in [5, 5.41) is 5.86. The Labute approximate surface area is 102 Å². The number of nitrogens with one attached hydrogen (secondary N) is 2. The van der Waals surface area contributed by atoms with Gasteiger partial charge in [-0.05, 0) is 44.7 Å². The van der Waals surface area contributed by atoms with Gasteiger partial charge in [-0.15, -0.1) is 0 Å². The smallest absolute Gasteiger partial charge is 0.315 e. The second kappa shape index (κ2) is 5.25. The maximum Gasteiger partial charge on any atom is 0.315 e. The van der Waals surface area contributed by atoms with E-state index in [1.807, 2.05) is 19.1 Å². The molecule has 0 radical (unpaired) electrons. The van der Waals surface area contributed by atoms with E-state index in [0.29, 0.717) is 5.92 Å². The van der Waals surface area contributed by atoms with Gasteiger partial charge in [-0.2, -0.15) is 0 Å². The molecular weight excluding hydrogens is 216 g/mol. The fourth-order valence-corrected chi connectivity index (χ4v) is 2.11. The topological polar surface area (TPSA) is 54.3 Å². The van der Waals surface area contributed by atoms with E-state index >= 15 is 0 Å². The van der Waals surface area contributed by atoms with Crippen LogP contribution in [0.4, 0.5) is 4.79 Å². The third kappa shape index (κ3) is 3.02. The first-order chi connectivity index (χ1) is 8.16. The molecule has 0 spiro atoms. The van der Waals surface area contributed by atoms with Gasteiger partial charge in [-0.3, -0.25) is 0 Å². The minimum atomic E-state index is -0.117. The molecule has 17 heavy (non-hydrogen) atoms. The van der Waals surface area contributed by atoms with Crippen molar-refractivity contribution < 1.29 is 9.21 Å². The number of amides is 2. The van der Waals surface area contributed by atoms with Crippen LogP contribution >= 0.6 is 0 Å². The highest BCUT2D eigenvalue weighted by Gasteiger charge is 2.25. The lowest BCUT2D eigenvalue weighted by molar-refractivity contribution is 0.210. The summed E-state index contributed by atoms with van der Waals surface area (Å²) in [6, 6.07) is 3.72. The molecular formula is C13H20N2O2. The number of hydrogen-bond acceptors (Lipinski definition) is 2. The molecule has 0 saturated heterocycles. The molecule has 0 aromatic carbocycles. The van der Waals surface area contributed by atoms with Crippen LogP contribution in [-0.4, -0.2) is 12.1 Å². The van der Waals surface area contributed by atoms with E-state index in [1.54, 1.807) is 6.26 Å². The molecule has 0 bridgehead atoms. The van der Waals surface area contributed by atoms with Gasteiger partial charge >= 0.3 is 6.03 Å². The molecule has 1 aromatic heterocycles. The SMILES string of the molecule is C[C@@H](NC(=O)N[C@H](C)C1CCC1)c1ccco1. The number of urea groups is 1. The van der Waals surface area contributed by atoms with Crippen LogP contribution in [0.15, 0.2) is 22.8 Å². The number of furan rings is 1. The molecule has 4 nitrogen and oxygen atoms in total. The van der Waals surface area contributed by atoms with Crippen molar-refractivity contribution in [3.8, 4) is 0 Å². The molecule has 94 valence electrons. The van der Waals surface area contributed by atoms with Crippen LogP contribution in [-0.2, 0) is 0 Å². The fourth-order valence-electron chi connectivity index (χ4n) is 2.11. The molecule has 0 aliphatic heterocycles. The van der Waals surface area contributed by atoms with E-state index in [4.69, 9.17) is 4.42 Å². The molecule has 2 atom stereocenters. The monoisotopic (exact) mass is 236 g/mol. The highest BCUT2D eigenvalue weighted by Crippen LogP contribution is 2.29. The van der Waals surface area contributed by atoms with Gasteiger partial charge in [0.25, 0.3) is 0 Å². The van der Waals surface area contributed by atoms with Gasteiger partial charge in [-0.1, -0.05) is 6.42 Å². The lowest BCUT2D eigenvalue weighted by Gasteiger charge is -2.32. The summed E-state index contributed by atoms with van der Waals surface area (Å²) in [5.41, 5.74) is 0. The molecule has 1 aliphatic carbocycles. The largest absolute Gasteiger partial charge is 0.467 e. The Kier molecular flexibility index (Phi) is 3.71.